The van der Waals surface area contributed by atoms with Crippen molar-refractivity contribution in [3.63, 3.8) is 0 Å². The molecule has 0 radical (unpaired) electrons. The van der Waals surface area contributed by atoms with Gasteiger partial charge in [-0.05, 0) is 31.2 Å². The van der Waals surface area contributed by atoms with Crippen LogP contribution in [-0.2, 0) is 4.74 Å². The molecule has 2 aromatic carbocycles. The fourth-order valence-corrected chi connectivity index (χ4v) is 2.84. The molecule has 1 heterocycles. The molecule has 0 atom stereocenters. The van der Waals surface area contributed by atoms with Crippen molar-refractivity contribution in [1.82, 2.24) is 4.98 Å². The van der Waals surface area contributed by atoms with Gasteiger partial charge in [0.2, 0.25) is 0 Å². The molecule has 4 nitrogen and oxygen atoms in total. The largest absolute Gasteiger partial charge is 0.462 e. The SMILES string of the molecule is CCOC(=O)c1ccc(Nc2nc(-c3ccccc3)cs2)cc1. The van der Waals surface area contributed by atoms with Gasteiger partial charge in [-0.3, -0.25) is 0 Å². The van der Waals surface area contributed by atoms with Crippen LogP contribution in [0.25, 0.3) is 11.3 Å². The second kappa shape index (κ2) is 7.07. The molecule has 5 heteroatoms. The Balaban J connectivity index is 1.70. The zero-order chi connectivity index (χ0) is 16.1. The first-order valence-corrected chi connectivity index (χ1v) is 8.19. The second-order valence-corrected chi connectivity index (χ2v) is 5.68. The molecule has 0 saturated carbocycles. The van der Waals surface area contributed by atoms with Crippen molar-refractivity contribution in [2.24, 2.45) is 0 Å². The van der Waals surface area contributed by atoms with E-state index in [9.17, 15) is 4.79 Å². The van der Waals surface area contributed by atoms with Crippen molar-refractivity contribution < 1.29 is 9.53 Å². The molecule has 0 bridgehead atoms. The number of carbonyl (C=O) groups is 1. The summed E-state index contributed by atoms with van der Waals surface area (Å²) in [5, 5.41) is 6.08. The zero-order valence-electron chi connectivity index (χ0n) is 12.7. The van der Waals surface area contributed by atoms with Gasteiger partial charge in [-0.15, -0.1) is 11.3 Å². The van der Waals surface area contributed by atoms with Crippen LogP contribution in [0.5, 0.6) is 0 Å². The van der Waals surface area contributed by atoms with Gasteiger partial charge < -0.3 is 10.1 Å². The summed E-state index contributed by atoms with van der Waals surface area (Å²) in [6.07, 6.45) is 0. The summed E-state index contributed by atoms with van der Waals surface area (Å²) in [6.45, 7) is 2.17. The Morgan fingerprint density at radius 1 is 1.13 bits per heavy atom. The summed E-state index contributed by atoms with van der Waals surface area (Å²) in [5.74, 6) is -0.306. The maximum atomic E-state index is 11.6. The third kappa shape index (κ3) is 3.76. The van der Waals surface area contributed by atoms with Gasteiger partial charge in [0.25, 0.3) is 0 Å². The molecular formula is C18H16N2O2S. The Morgan fingerprint density at radius 3 is 2.57 bits per heavy atom. The van der Waals surface area contributed by atoms with E-state index in [1.54, 1.807) is 30.4 Å². The molecule has 0 unspecified atom stereocenters. The first kappa shape index (κ1) is 15.2. The van der Waals surface area contributed by atoms with Crippen LogP contribution in [-0.4, -0.2) is 17.6 Å². The number of anilines is 2. The Labute approximate surface area is 138 Å². The van der Waals surface area contributed by atoms with Crippen LogP contribution in [0.2, 0.25) is 0 Å². The summed E-state index contributed by atoms with van der Waals surface area (Å²) in [6, 6.07) is 17.2. The summed E-state index contributed by atoms with van der Waals surface area (Å²) in [5.41, 5.74) is 3.46. The average Bonchev–Trinajstić information content (AvgIpc) is 3.05. The first-order valence-electron chi connectivity index (χ1n) is 7.31. The van der Waals surface area contributed by atoms with Gasteiger partial charge in [-0.1, -0.05) is 30.3 Å². The standard InChI is InChI=1S/C18H16N2O2S/c1-2-22-17(21)14-8-10-15(11-9-14)19-18-20-16(12-23-18)13-6-4-3-5-7-13/h3-12H,2H2,1H3,(H,19,20). The molecule has 0 amide bonds. The number of hydrogen-bond donors (Lipinski definition) is 1. The minimum Gasteiger partial charge on any atom is -0.462 e. The molecule has 3 rings (SSSR count). The van der Waals surface area contributed by atoms with Gasteiger partial charge in [0, 0.05) is 16.6 Å². The minimum atomic E-state index is -0.306. The number of hydrogen-bond acceptors (Lipinski definition) is 5. The van der Waals surface area contributed by atoms with E-state index in [1.807, 2.05) is 47.8 Å². The van der Waals surface area contributed by atoms with Crippen LogP contribution >= 0.6 is 11.3 Å². The lowest BCUT2D eigenvalue weighted by atomic mass is 10.2. The molecular weight excluding hydrogens is 308 g/mol. The normalized spacial score (nSPS) is 10.3. The second-order valence-electron chi connectivity index (χ2n) is 4.83. The fraction of sp³-hybridized carbons (Fsp3) is 0.111. The smallest absolute Gasteiger partial charge is 0.338 e. The number of benzene rings is 2. The summed E-state index contributed by atoms with van der Waals surface area (Å²) < 4.78 is 4.97. The third-order valence-corrected chi connectivity index (χ3v) is 3.98. The van der Waals surface area contributed by atoms with E-state index in [0.29, 0.717) is 12.2 Å². The number of thiazole rings is 1. The molecule has 0 aliphatic rings. The van der Waals surface area contributed by atoms with Crippen molar-refractivity contribution in [2.45, 2.75) is 6.92 Å². The van der Waals surface area contributed by atoms with Crippen LogP contribution in [0.1, 0.15) is 17.3 Å². The molecule has 0 saturated heterocycles. The molecule has 1 aromatic heterocycles. The third-order valence-electron chi connectivity index (χ3n) is 3.22. The molecule has 116 valence electrons. The Morgan fingerprint density at radius 2 is 1.87 bits per heavy atom. The minimum absolute atomic E-state index is 0.306. The first-order chi connectivity index (χ1) is 11.3. The van der Waals surface area contributed by atoms with Crippen LogP contribution in [0.15, 0.2) is 60.0 Å². The van der Waals surface area contributed by atoms with Gasteiger partial charge in [0.1, 0.15) is 0 Å². The lowest BCUT2D eigenvalue weighted by molar-refractivity contribution is 0.0526. The van der Waals surface area contributed by atoms with E-state index in [2.05, 4.69) is 10.3 Å². The number of nitrogens with zero attached hydrogens (tertiary/aromatic N) is 1. The van der Waals surface area contributed by atoms with Crippen molar-refractivity contribution in [1.29, 1.82) is 0 Å². The van der Waals surface area contributed by atoms with E-state index in [-0.39, 0.29) is 5.97 Å². The summed E-state index contributed by atoms with van der Waals surface area (Å²) in [7, 11) is 0. The Bertz CT molecular complexity index is 782. The maximum Gasteiger partial charge on any atom is 0.338 e. The molecule has 3 aromatic rings. The van der Waals surface area contributed by atoms with E-state index in [1.165, 1.54) is 0 Å². The van der Waals surface area contributed by atoms with Crippen molar-refractivity contribution in [3.8, 4) is 11.3 Å². The predicted molar refractivity (Wildman–Crippen MR) is 93.2 cm³/mol. The van der Waals surface area contributed by atoms with Crippen LogP contribution in [0.3, 0.4) is 0 Å². The number of carbonyl (C=O) groups excluding carboxylic acids is 1. The molecule has 23 heavy (non-hydrogen) atoms. The van der Waals surface area contributed by atoms with E-state index in [0.717, 1.165) is 22.1 Å². The molecule has 0 aliphatic heterocycles. The van der Waals surface area contributed by atoms with Crippen molar-refractivity contribution in [3.05, 3.63) is 65.5 Å². The van der Waals surface area contributed by atoms with Crippen LogP contribution < -0.4 is 5.32 Å². The lowest BCUT2D eigenvalue weighted by Crippen LogP contribution is -2.04. The number of rotatable bonds is 5. The predicted octanol–water partition coefficient (Wildman–Crippen LogP) is 4.73. The number of ether oxygens (including phenoxy) is 1. The monoisotopic (exact) mass is 324 g/mol. The lowest BCUT2D eigenvalue weighted by Gasteiger charge is -2.04. The van der Waals surface area contributed by atoms with Gasteiger partial charge in [0.05, 0.1) is 17.9 Å². The highest BCUT2D eigenvalue weighted by molar-refractivity contribution is 7.14. The Hall–Kier alpha value is -2.66. The fourth-order valence-electron chi connectivity index (χ4n) is 2.10. The highest BCUT2D eigenvalue weighted by Gasteiger charge is 2.07. The number of esters is 1. The number of aromatic nitrogens is 1. The highest BCUT2D eigenvalue weighted by Crippen LogP contribution is 2.27. The van der Waals surface area contributed by atoms with Gasteiger partial charge >= 0.3 is 5.97 Å². The molecule has 1 N–H and O–H groups in total. The molecule has 0 aliphatic carbocycles. The van der Waals surface area contributed by atoms with Crippen LogP contribution in [0, 0.1) is 0 Å². The average molecular weight is 324 g/mol. The van der Waals surface area contributed by atoms with Gasteiger partial charge in [-0.2, -0.15) is 0 Å². The van der Waals surface area contributed by atoms with Gasteiger partial charge in [0.15, 0.2) is 5.13 Å². The van der Waals surface area contributed by atoms with E-state index in [4.69, 9.17) is 4.74 Å². The van der Waals surface area contributed by atoms with Gasteiger partial charge in [-0.25, -0.2) is 9.78 Å². The number of nitrogens with one attached hydrogen (secondary N) is 1. The molecule has 0 fully saturated rings. The highest BCUT2D eigenvalue weighted by atomic mass is 32.1. The summed E-state index contributed by atoms with van der Waals surface area (Å²) in [4.78, 5) is 16.2. The Kier molecular flexibility index (Phi) is 4.68. The quantitative estimate of drug-likeness (QED) is 0.689. The maximum absolute atomic E-state index is 11.6. The zero-order valence-corrected chi connectivity index (χ0v) is 13.5. The topological polar surface area (TPSA) is 51.2 Å². The van der Waals surface area contributed by atoms with Crippen LogP contribution in [0.4, 0.5) is 10.8 Å². The van der Waals surface area contributed by atoms with Crippen molar-refractivity contribution >= 4 is 28.1 Å². The van der Waals surface area contributed by atoms with Crippen molar-refractivity contribution in [2.75, 3.05) is 11.9 Å². The van der Waals surface area contributed by atoms with E-state index < -0.39 is 0 Å². The van der Waals surface area contributed by atoms with E-state index >= 15 is 0 Å². The molecule has 0 spiro atoms. The summed E-state index contributed by atoms with van der Waals surface area (Å²) >= 11 is 1.54.